The lowest BCUT2D eigenvalue weighted by Gasteiger charge is -2.59. The minimum atomic E-state index is -1.21. The molecule has 0 aliphatic heterocycles. The molecule has 8 atom stereocenters. The van der Waals surface area contributed by atoms with E-state index >= 15 is 0 Å². The molecular weight excluding hydrogens is 670 g/mol. The van der Waals surface area contributed by atoms with Gasteiger partial charge in [0.1, 0.15) is 19.3 Å². The molecular formula is C31H45N3O16. The van der Waals surface area contributed by atoms with Gasteiger partial charge in [-0.1, -0.05) is 19.4 Å². The van der Waals surface area contributed by atoms with Crippen LogP contribution in [0.25, 0.3) is 0 Å². The van der Waals surface area contributed by atoms with E-state index in [4.69, 9.17) is 9.84 Å². The van der Waals surface area contributed by atoms with Crippen LogP contribution in [0.4, 0.5) is 0 Å². The molecule has 0 saturated heterocycles. The summed E-state index contributed by atoms with van der Waals surface area (Å²) in [5.41, 5.74) is 0.553. The minimum absolute atomic E-state index is 0.0509. The van der Waals surface area contributed by atoms with Gasteiger partial charge in [-0.2, -0.15) is 0 Å². The van der Waals surface area contributed by atoms with Gasteiger partial charge < -0.3 is 29.5 Å². The molecule has 4 aliphatic rings. The molecule has 0 aromatic rings. The number of esters is 1. The number of fused-ring (bicyclic) bond motifs is 5. The Morgan fingerprint density at radius 2 is 1.68 bits per heavy atom. The van der Waals surface area contributed by atoms with Gasteiger partial charge in [0.25, 0.3) is 15.3 Å². The molecule has 4 rings (SSSR count). The Kier molecular flexibility index (Phi) is 14.0. The second-order valence-electron chi connectivity index (χ2n) is 13.8. The lowest BCUT2D eigenvalue weighted by atomic mass is 9.46. The minimum Gasteiger partial charge on any atom is -0.481 e. The van der Waals surface area contributed by atoms with Gasteiger partial charge in [-0.05, 0) is 92.4 Å². The summed E-state index contributed by atoms with van der Waals surface area (Å²) in [5.74, 6) is -1.40. The van der Waals surface area contributed by atoms with E-state index in [1.807, 2.05) is 0 Å². The number of carboxylic acids is 1. The van der Waals surface area contributed by atoms with Crippen molar-refractivity contribution < 1.29 is 63.9 Å². The van der Waals surface area contributed by atoms with Crippen LogP contribution < -0.4 is 0 Å². The largest absolute Gasteiger partial charge is 0.481 e. The topological polar surface area (TPSA) is 275 Å². The molecule has 0 amide bonds. The Hall–Kier alpha value is -4.42. The van der Waals surface area contributed by atoms with Gasteiger partial charge >= 0.3 is 11.9 Å². The quantitative estimate of drug-likeness (QED) is 0.0946. The summed E-state index contributed by atoms with van der Waals surface area (Å²) in [6.45, 7) is 3.08. The Balaban J connectivity index is 0.000000588. The molecule has 0 heterocycles. The van der Waals surface area contributed by atoms with Gasteiger partial charge in [0, 0.05) is 25.2 Å². The predicted octanol–water partition coefficient (Wildman–Crippen LogP) is 3.23. The smallest absolute Gasteiger partial charge is 0.306 e. The number of carbonyl (C=O) groups is 4. The highest BCUT2D eigenvalue weighted by molar-refractivity contribution is 5.91. The number of rotatable bonds is 17. The Morgan fingerprint density at radius 3 is 2.32 bits per heavy atom. The van der Waals surface area contributed by atoms with Gasteiger partial charge in [0.05, 0.1) is 12.7 Å². The van der Waals surface area contributed by atoms with Crippen LogP contribution in [0.5, 0.6) is 0 Å². The first-order valence-corrected chi connectivity index (χ1v) is 16.7. The molecule has 280 valence electrons. The maximum atomic E-state index is 13.3. The second-order valence-corrected chi connectivity index (χ2v) is 13.8. The number of carboxylic acid groups (broad SMARTS) is 1. The highest BCUT2D eigenvalue weighted by Crippen LogP contribution is 2.66. The third kappa shape index (κ3) is 10.3. The van der Waals surface area contributed by atoms with Crippen LogP contribution in [0.15, 0.2) is 11.6 Å². The van der Waals surface area contributed by atoms with E-state index in [2.05, 4.69) is 28.4 Å². The fraction of sp³-hybridized carbons (Fsp3) is 0.806. The average Bonchev–Trinajstić information content (AvgIpc) is 3.37. The molecule has 2 N–H and O–H groups in total. The zero-order chi connectivity index (χ0) is 37.2. The van der Waals surface area contributed by atoms with Crippen molar-refractivity contribution in [1.29, 1.82) is 0 Å². The number of allylic oxidation sites excluding steroid dienone is 1. The average molecular weight is 716 g/mol. The molecule has 0 aromatic carbocycles. The number of hydrogen-bond acceptors (Lipinski definition) is 15. The third-order valence-electron chi connectivity index (χ3n) is 10.9. The lowest BCUT2D eigenvalue weighted by molar-refractivity contribution is -0.790. The number of ketones is 2. The van der Waals surface area contributed by atoms with Crippen molar-refractivity contribution in [3.8, 4) is 0 Å². The standard InChI is InChI=1S/C27H38N2O11.C4H7NO5/c1-26-11-10-17(30)12-16(26)6-7-19-20-8-9-21(27(20,2)13-22(31)25(19)26)23(32)15-38-24(33)5-3-4-18(40-29(36)37)14-39-28(34)35;6-4(7)2-1-3-10-5(8)9/h12,18-22,25,31H,3-11,13-15H2,1-2H3;1-3H2,(H,6,7). The summed E-state index contributed by atoms with van der Waals surface area (Å²) in [6.07, 6.45) is 4.95. The van der Waals surface area contributed by atoms with Crippen LogP contribution in [0, 0.1) is 64.8 Å². The van der Waals surface area contributed by atoms with Crippen molar-refractivity contribution in [1.82, 2.24) is 0 Å². The maximum absolute atomic E-state index is 13.3. The van der Waals surface area contributed by atoms with Gasteiger partial charge in [-0.3, -0.25) is 19.2 Å². The van der Waals surface area contributed by atoms with E-state index in [1.54, 1.807) is 6.08 Å². The number of aliphatic hydroxyl groups is 1. The maximum Gasteiger partial charge on any atom is 0.306 e. The van der Waals surface area contributed by atoms with E-state index in [0.717, 1.165) is 31.3 Å². The summed E-state index contributed by atoms with van der Waals surface area (Å²) in [7, 11) is 0. The fourth-order valence-electron chi connectivity index (χ4n) is 8.81. The SMILES string of the molecule is CC12CCC(=O)C=C1CCC1C2C(O)CC2(C)C(C(=O)COC(=O)CCCC(CO[N+](=O)[O-])O[N+](=O)[O-])CCC12.O=C(O)CCCO[N+](=O)[O-]. The number of aliphatic hydroxyl groups excluding tert-OH is 1. The molecule has 4 aliphatic carbocycles. The number of nitrogens with zero attached hydrogens (tertiary/aromatic N) is 3. The van der Waals surface area contributed by atoms with Crippen molar-refractivity contribution in [3.63, 3.8) is 0 Å². The molecule has 8 unspecified atom stereocenters. The summed E-state index contributed by atoms with van der Waals surface area (Å²) < 4.78 is 5.23. The zero-order valence-electron chi connectivity index (χ0n) is 28.1. The number of ether oxygens (including phenoxy) is 1. The summed E-state index contributed by atoms with van der Waals surface area (Å²) >= 11 is 0. The highest BCUT2D eigenvalue weighted by Gasteiger charge is 2.63. The number of carbonyl (C=O) groups excluding carboxylic acids is 3. The Labute approximate surface area is 286 Å². The second kappa shape index (κ2) is 17.5. The Morgan fingerprint density at radius 1 is 0.980 bits per heavy atom. The molecule has 3 fully saturated rings. The van der Waals surface area contributed by atoms with E-state index in [9.17, 15) is 54.6 Å². The van der Waals surface area contributed by atoms with E-state index in [-0.39, 0.29) is 86.0 Å². The first-order valence-electron chi connectivity index (χ1n) is 16.7. The summed E-state index contributed by atoms with van der Waals surface area (Å²) in [6, 6.07) is 0. The molecule has 0 bridgehead atoms. The molecule has 19 heteroatoms. The van der Waals surface area contributed by atoms with Crippen LogP contribution in [-0.4, -0.2) is 81.0 Å². The van der Waals surface area contributed by atoms with E-state index in [1.165, 1.54) is 0 Å². The van der Waals surface area contributed by atoms with Gasteiger partial charge in [0.2, 0.25) is 0 Å². The predicted molar refractivity (Wildman–Crippen MR) is 166 cm³/mol. The first kappa shape index (κ1) is 40.0. The number of Topliss-reactive ketones (excluding diaryl/α,β-unsaturated/α-hetero) is 1. The molecule has 19 nitrogen and oxygen atoms in total. The molecule has 0 aromatic heterocycles. The highest BCUT2D eigenvalue weighted by atomic mass is 17.0. The lowest BCUT2D eigenvalue weighted by Crippen LogP contribution is -2.57. The van der Waals surface area contributed by atoms with Gasteiger partial charge in [0.15, 0.2) is 11.6 Å². The van der Waals surface area contributed by atoms with Crippen LogP contribution in [-0.2, 0) is 38.4 Å². The Bertz CT molecular complexity index is 1320. The molecule has 0 radical (unpaired) electrons. The zero-order valence-corrected chi connectivity index (χ0v) is 28.1. The van der Waals surface area contributed by atoms with Crippen molar-refractivity contribution in [2.45, 2.75) is 103 Å². The first-order chi connectivity index (χ1) is 23.5. The van der Waals surface area contributed by atoms with E-state index < -0.39 is 51.4 Å². The fourth-order valence-corrected chi connectivity index (χ4v) is 8.81. The van der Waals surface area contributed by atoms with Crippen LogP contribution >= 0.6 is 0 Å². The van der Waals surface area contributed by atoms with Crippen LogP contribution in [0.3, 0.4) is 0 Å². The van der Waals surface area contributed by atoms with Gasteiger partial charge in [-0.25, -0.2) is 0 Å². The third-order valence-corrected chi connectivity index (χ3v) is 10.9. The number of hydrogen-bond donors (Lipinski definition) is 2. The normalized spacial score (nSPS) is 30.0. The molecule has 50 heavy (non-hydrogen) atoms. The van der Waals surface area contributed by atoms with Crippen LogP contribution in [0.1, 0.15) is 90.9 Å². The van der Waals surface area contributed by atoms with Crippen molar-refractivity contribution in [2.24, 2.45) is 34.5 Å². The van der Waals surface area contributed by atoms with Crippen molar-refractivity contribution in [3.05, 3.63) is 42.0 Å². The van der Waals surface area contributed by atoms with Crippen LogP contribution in [0.2, 0.25) is 0 Å². The van der Waals surface area contributed by atoms with Crippen molar-refractivity contribution in [2.75, 3.05) is 19.8 Å². The van der Waals surface area contributed by atoms with Crippen molar-refractivity contribution >= 4 is 23.5 Å². The number of aliphatic carboxylic acids is 1. The molecule has 3 saturated carbocycles. The molecule has 0 spiro atoms. The monoisotopic (exact) mass is 715 g/mol. The summed E-state index contributed by atoms with van der Waals surface area (Å²) in [5, 5.41) is 46.8. The van der Waals surface area contributed by atoms with E-state index in [0.29, 0.717) is 19.3 Å². The summed E-state index contributed by atoms with van der Waals surface area (Å²) in [4.78, 5) is 90.1. The van der Waals surface area contributed by atoms with Gasteiger partial charge in [-0.15, -0.1) is 30.3 Å².